The van der Waals surface area contributed by atoms with Gasteiger partial charge in [0.15, 0.2) is 13.2 Å². The van der Waals surface area contributed by atoms with Gasteiger partial charge < -0.3 is 49.5 Å². The summed E-state index contributed by atoms with van der Waals surface area (Å²) in [6, 6.07) is 20.4. The lowest BCUT2D eigenvalue weighted by molar-refractivity contribution is -0.137. The smallest absolute Gasteiger partial charge is 0.412 e. The van der Waals surface area contributed by atoms with Gasteiger partial charge in [-0.15, -0.1) is 0 Å². The van der Waals surface area contributed by atoms with Gasteiger partial charge in [0.2, 0.25) is 23.6 Å². The lowest BCUT2D eigenvalue weighted by atomic mass is 10.0. The van der Waals surface area contributed by atoms with Crippen molar-refractivity contribution >= 4 is 76.5 Å². The summed E-state index contributed by atoms with van der Waals surface area (Å²) in [4.78, 5) is 137. The standard InChI is InChI=1S/C30H34N4O10.C25H26N4O8.2CH4/c1-30(2,3)44-29(40)32-18-7-9-19(10-8-18)42-16-15-41-14-13-31-24(36)17-43-22-6-4-5-20-25(22)28(39)34(27(20)38)21-11-12-23(35)33-26(21)37;26-15-4-6-16(7-5-15)36-13-12-35-11-10-27-21(31)14-37-19-3-1-2-17-22(19)25(34)29(24(17)33)18-8-9-20(30)28-23(18)32;;/h4-10,21H,11-17H2,1-3H3,(H,31,36)(H,32,40)(H,33,35,37);1-7,18H,8-14,26H2,(H,27,31)(H,28,30,32);2*1H4. The van der Waals surface area contributed by atoms with E-state index in [0.29, 0.717) is 36.1 Å². The second-order valence-electron chi connectivity index (χ2n) is 19.2. The van der Waals surface area contributed by atoms with Gasteiger partial charge in [0, 0.05) is 37.3 Å². The first kappa shape index (κ1) is 64.4. The second kappa shape index (κ2) is 29.9. The van der Waals surface area contributed by atoms with Crippen molar-refractivity contribution in [2.24, 2.45) is 0 Å². The molecule has 0 aromatic heterocycles. The van der Waals surface area contributed by atoms with E-state index >= 15 is 0 Å². The predicted octanol–water partition coefficient (Wildman–Crippen LogP) is 3.56. The Kier molecular flexibility index (Phi) is 23.2. The number of hydrogen-bond donors (Lipinski definition) is 6. The average molecular weight is 1150 g/mol. The number of hydrogen-bond acceptors (Lipinski definition) is 19. The second-order valence-corrected chi connectivity index (χ2v) is 19.2. The highest BCUT2D eigenvalue weighted by Gasteiger charge is 2.47. The molecule has 4 aliphatic heterocycles. The molecular weight excluding hydrogens is 1080 g/mol. The summed E-state index contributed by atoms with van der Waals surface area (Å²) < 4.78 is 38.3. The molecule has 0 spiro atoms. The monoisotopic (exact) mass is 1150 g/mol. The molecule has 26 nitrogen and oxygen atoms in total. The number of fused-ring (bicyclic) bond motifs is 2. The summed E-state index contributed by atoms with van der Waals surface area (Å²) in [7, 11) is 0. The molecule has 0 saturated carbocycles. The summed E-state index contributed by atoms with van der Waals surface area (Å²) in [6.07, 6.45) is -0.442. The molecule has 4 aromatic rings. The molecular formula is C57H68N8O18. The van der Waals surface area contributed by atoms with E-state index < -0.39 is 96.1 Å². The van der Waals surface area contributed by atoms with E-state index in [0.717, 1.165) is 9.80 Å². The zero-order valence-electron chi connectivity index (χ0n) is 44.5. The minimum Gasteiger partial charge on any atom is -0.491 e. The first-order valence-corrected chi connectivity index (χ1v) is 25.6. The van der Waals surface area contributed by atoms with E-state index in [9.17, 15) is 52.7 Å². The number of piperidine rings is 2. The van der Waals surface area contributed by atoms with E-state index in [1.165, 1.54) is 36.4 Å². The van der Waals surface area contributed by atoms with Gasteiger partial charge in [-0.25, -0.2) is 4.79 Å². The molecule has 8 rings (SSSR count). The number of nitrogens with zero attached hydrogens (tertiary/aromatic N) is 2. The highest BCUT2D eigenvalue weighted by atomic mass is 16.6. The SMILES string of the molecule is C.C.CC(C)(C)OC(=O)Nc1ccc(OCCOCCNC(=O)COc2cccc3c2C(=O)N(C2CCC(=O)NC2=O)C3=O)cc1.Nc1ccc(OCCOCCNC(=O)COc2cccc3c2C(=O)N(C2CCC(=O)NC2=O)C3=O)cc1. The van der Waals surface area contributed by atoms with Crippen LogP contribution in [-0.2, 0) is 43.0 Å². The Morgan fingerprint density at radius 3 is 1.39 bits per heavy atom. The summed E-state index contributed by atoms with van der Waals surface area (Å²) >= 11 is 0. The largest absolute Gasteiger partial charge is 0.491 e. The van der Waals surface area contributed by atoms with Gasteiger partial charge in [-0.1, -0.05) is 27.0 Å². The first-order valence-electron chi connectivity index (χ1n) is 25.6. The molecule has 444 valence electrons. The number of benzene rings is 4. The predicted molar refractivity (Wildman–Crippen MR) is 296 cm³/mol. The van der Waals surface area contributed by atoms with Gasteiger partial charge in [-0.3, -0.25) is 73.7 Å². The summed E-state index contributed by atoms with van der Waals surface area (Å²) in [5.74, 6) is -4.65. The Labute approximate surface area is 478 Å². The lowest BCUT2D eigenvalue weighted by Crippen LogP contribution is -2.54. The zero-order chi connectivity index (χ0) is 58.2. The van der Waals surface area contributed by atoms with E-state index in [1.54, 1.807) is 69.3 Å². The van der Waals surface area contributed by atoms with Gasteiger partial charge in [0.1, 0.15) is 53.9 Å². The van der Waals surface area contributed by atoms with Gasteiger partial charge in [-0.05, 0) is 106 Å². The molecule has 2 fully saturated rings. The number of nitrogen functional groups attached to an aromatic ring is 1. The van der Waals surface area contributed by atoms with Gasteiger partial charge >= 0.3 is 6.09 Å². The molecule has 0 radical (unpaired) electrons. The third kappa shape index (κ3) is 17.5. The van der Waals surface area contributed by atoms with Crippen LogP contribution in [0.1, 0.15) is 103 Å². The van der Waals surface area contributed by atoms with Crippen LogP contribution in [0, 0.1) is 0 Å². The van der Waals surface area contributed by atoms with E-state index in [4.69, 9.17) is 38.9 Å². The van der Waals surface area contributed by atoms with E-state index in [2.05, 4.69) is 26.6 Å². The number of carbonyl (C=O) groups excluding carboxylic acids is 11. The zero-order valence-corrected chi connectivity index (χ0v) is 44.5. The van der Waals surface area contributed by atoms with E-state index in [-0.39, 0.29) is 114 Å². The molecule has 11 amide bonds. The average Bonchev–Trinajstić information content (AvgIpc) is 4.01. The number of amides is 11. The molecule has 0 bridgehead atoms. The number of anilines is 2. The Morgan fingerprint density at radius 1 is 0.554 bits per heavy atom. The summed E-state index contributed by atoms with van der Waals surface area (Å²) in [6.45, 7) is 6.61. The lowest BCUT2D eigenvalue weighted by Gasteiger charge is -2.27. The van der Waals surface area contributed by atoms with Crippen molar-refractivity contribution in [3.05, 3.63) is 107 Å². The molecule has 4 aromatic carbocycles. The fourth-order valence-electron chi connectivity index (χ4n) is 8.38. The molecule has 4 heterocycles. The van der Waals surface area contributed by atoms with Gasteiger partial charge in [0.25, 0.3) is 35.4 Å². The topological polar surface area (TPSA) is 345 Å². The highest BCUT2D eigenvalue weighted by molar-refractivity contribution is 6.25. The van der Waals surface area contributed by atoms with Crippen LogP contribution in [0.4, 0.5) is 16.2 Å². The quantitative estimate of drug-likeness (QED) is 0.0351. The van der Waals surface area contributed by atoms with Crippen molar-refractivity contribution in [1.29, 1.82) is 0 Å². The van der Waals surface area contributed by atoms with Gasteiger partial charge in [-0.2, -0.15) is 0 Å². The Bertz CT molecular complexity index is 3050. The third-order valence-electron chi connectivity index (χ3n) is 12.1. The van der Waals surface area contributed by atoms with E-state index in [1.807, 2.05) is 0 Å². The van der Waals surface area contributed by atoms with Crippen LogP contribution >= 0.6 is 0 Å². The molecule has 26 heteroatoms. The Morgan fingerprint density at radius 2 is 0.976 bits per heavy atom. The number of nitrogens with one attached hydrogen (secondary N) is 5. The number of rotatable bonds is 23. The molecule has 0 aliphatic carbocycles. The van der Waals surface area contributed by atoms with Crippen LogP contribution in [0.25, 0.3) is 0 Å². The minimum atomic E-state index is -1.10. The maximum Gasteiger partial charge on any atom is 0.412 e. The summed E-state index contributed by atoms with van der Waals surface area (Å²) in [5.41, 5.74) is 6.31. The normalized spacial score (nSPS) is 16.1. The number of carbonyl (C=O) groups is 11. The van der Waals surface area contributed by atoms with Crippen molar-refractivity contribution in [2.75, 3.05) is 77.0 Å². The minimum absolute atomic E-state index is 0. The molecule has 4 aliphatic rings. The van der Waals surface area contributed by atoms with Crippen LogP contribution in [-0.4, -0.2) is 159 Å². The van der Waals surface area contributed by atoms with Crippen molar-refractivity contribution in [1.82, 2.24) is 31.1 Å². The Hall–Kier alpha value is -9.43. The molecule has 2 unspecified atom stereocenters. The first-order chi connectivity index (χ1) is 38.8. The van der Waals surface area contributed by atoms with Crippen LogP contribution in [0.15, 0.2) is 84.9 Å². The van der Waals surface area contributed by atoms with Crippen molar-refractivity contribution in [3.63, 3.8) is 0 Å². The fraction of sp³-hybridized carbons (Fsp3) is 0.386. The third-order valence-corrected chi connectivity index (χ3v) is 12.1. The molecule has 7 N–H and O–H groups in total. The number of ether oxygens (including phenoxy) is 7. The fourth-order valence-corrected chi connectivity index (χ4v) is 8.38. The van der Waals surface area contributed by atoms with Crippen molar-refractivity contribution in [2.45, 2.75) is 79.0 Å². The highest BCUT2D eigenvalue weighted by Crippen LogP contribution is 2.35. The van der Waals surface area contributed by atoms with Crippen molar-refractivity contribution < 1.29 is 85.9 Å². The molecule has 2 saturated heterocycles. The van der Waals surface area contributed by atoms with Crippen molar-refractivity contribution in [3.8, 4) is 23.0 Å². The van der Waals surface area contributed by atoms with Crippen LogP contribution in [0.5, 0.6) is 23.0 Å². The van der Waals surface area contributed by atoms with Gasteiger partial charge in [0.05, 0.1) is 48.7 Å². The van der Waals surface area contributed by atoms with Crippen LogP contribution < -0.4 is 51.3 Å². The maximum atomic E-state index is 13.1. The molecule has 83 heavy (non-hydrogen) atoms. The van der Waals surface area contributed by atoms with Crippen LogP contribution in [0.2, 0.25) is 0 Å². The molecule has 2 atom stereocenters. The number of nitrogens with two attached hydrogens (primary N) is 1. The summed E-state index contributed by atoms with van der Waals surface area (Å²) in [5, 5.41) is 12.2. The maximum absolute atomic E-state index is 13.1. The van der Waals surface area contributed by atoms with Crippen LogP contribution in [0.3, 0.4) is 0 Å². The Balaban J connectivity index is 0.000000301. The number of imide groups is 4.